The van der Waals surface area contributed by atoms with E-state index in [-0.39, 0.29) is 11.8 Å². The van der Waals surface area contributed by atoms with Crippen molar-refractivity contribution < 1.29 is 15.0 Å². The average Bonchev–Trinajstić information content (AvgIpc) is 2.56. The number of aromatic hydroxyl groups is 1. The minimum atomic E-state index is -0.774. The molecule has 0 radical (unpaired) electrons. The Kier molecular flexibility index (Phi) is 4.85. The smallest absolute Gasteiger partial charge is 0.320 e. The first-order valence-corrected chi connectivity index (χ1v) is 8.28. The van der Waals surface area contributed by atoms with Crippen molar-refractivity contribution in [2.75, 3.05) is 18.9 Å². The van der Waals surface area contributed by atoms with E-state index in [9.17, 15) is 15.0 Å². The molecule has 132 valence electrons. The van der Waals surface area contributed by atoms with Gasteiger partial charge in [-0.05, 0) is 50.6 Å². The Morgan fingerprint density at radius 1 is 1.28 bits per heavy atom. The van der Waals surface area contributed by atoms with E-state index in [0.717, 1.165) is 12.0 Å². The molecule has 0 amide bonds. The summed E-state index contributed by atoms with van der Waals surface area (Å²) in [5, 5.41) is 31.0. The largest absolute Gasteiger partial charge is 0.507 e. The number of aromatic nitrogens is 2. The van der Waals surface area contributed by atoms with Crippen LogP contribution in [0.3, 0.4) is 0 Å². The number of para-hydroxylation sites is 1. The lowest BCUT2D eigenvalue weighted by molar-refractivity contribution is -0.143. The number of nitrogens with zero attached hydrogens (tertiary/aromatic N) is 3. The van der Waals surface area contributed by atoms with Gasteiger partial charge >= 0.3 is 5.97 Å². The Hall–Kier alpha value is -2.67. The molecule has 1 aromatic carbocycles. The normalized spacial score (nSPS) is 21.0. The first-order chi connectivity index (χ1) is 12.0. The number of rotatable bonds is 4. The number of carboxylic acid groups (broad SMARTS) is 1. The molecule has 1 aromatic heterocycles. The molecule has 0 bridgehead atoms. The van der Waals surface area contributed by atoms with Crippen LogP contribution in [0, 0.1) is 6.92 Å². The van der Waals surface area contributed by atoms with Crippen LogP contribution in [-0.4, -0.2) is 57.0 Å². The molecule has 25 heavy (non-hydrogen) atoms. The molecule has 2 atom stereocenters. The second-order valence-corrected chi connectivity index (χ2v) is 6.49. The van der Waals surface area contributed by atoms with Gasteiger partial charge in [-0.1, -0.05) is 12.1 Å². The molecule has 2 aromatic rings. The van der Waals surface area contributed by atoms with Crippen LogP contribution in [0.4, 0.5) is 5.82 Å². The van der Waals surface area contributed by atoms with E-state index in [4.69, 9.17) is 0 Å². The molecule has 3 rings (SSSR count). The lowest BCUT2D eigenvalue weighted by Gasteiger charge is -2.35. The van der Waals surface area contributed by atoms with Crippen molar-refractivity contribution in [3.8, 4) is 17.0 Å². The van der Waals surface area contributed by atoms with Crippen LogP contribution >= 0.6 is 0 Å². The number of hydrogen-bond acceptors (Lipinski definition) is 6. The van der Waals surface area contributed by atoms with Crippen LogP contribution in [0.25, 0.3) is 11.3 Å². The lowest BCUT2D eigenvalue weighted by atomic mass is 9.99. The summed E-state index contributed by atoms with van der Waals surface area (Å²) in [6.07, 6.45) is 1.37. The number of likely N-dealkylation sites (N-methyl/N-ethyl adjacent to an activating group) is 1. The number of likely N-dealkylation sites (tertiary alicyclic amines) is 1. The minimum Gasteiger partial charge on any atom is -0.507 e. The molecular weight excluding hydrogens is 320 g/mol. The van der Waals surface area contributed by atoms with Gasteiger partial charge in [0, 0.05) is 18.2 Å². The van der Waals surface area contributed by atoms with Crippen molar-refractivity contribution in [3.05, 3.63) is 35.9 Å². The molecule has 0 aliphatic carbocycles. The van der Waals surface area contributed by atoms with Crippen molar-refractivity contribution in [1.29, 1.82) is 0 Å². The highest BCUT2D eigenvalue weighted by Crippen LogP contribution is 2.30. The van der Waals surface area contributed by atoms with Crippen molar-refractivity contribution in [3.63, 3.8) is 0 Å². The zero-order valence-corrected chi connectivity index (χ0v) is 14.3. The van der Waals surface area contributed by atoms with Crippen LogP contribution in [-0.2, 0) is 4.79 Å². The summed E-state index contributed by atoms with van der Waals surface area (Å²) in [7, 11) is 1.82. The maximum Gasteiger partial charge on any atom is 0.320 e. The second kappa shape index (κ2) is 7.06. The maximum absolute atomic E-state index is 11.2. The Labute approximate surface area is 146 Å². The van der Waals surface area contributed by atoms with E-state index < -0.39 is 12.0 Å². The summed E-state index contributed by atoms with van der Waals surface area (Å²) >= 11 is 0. The Morgan fingerprint density at radius 3 is 2.68 bits per heavy atom. The fourth-order valence-corrected chi connectivity index (χ4v) is 3.28. The fraction of sp³-hybridized carbons (Fsp3) is 0.389. The first kappa shape index (κ1) is 17.2. The van der Waals surface area contributed by atoms with Crippen LogP contribution < -0.4 is 5.32 Å². The highest BCUT2D eigenvalue weighted by Gasteiger charge is 2.30. The topological polar surface area (TPSA) is 98.6 Å². The van der Waals surface area contributed by atoms with Gasteiger partial charge in [0.1, 0.15) is 17.6 Å². The van der Waals surface area contributed by atoms with Crippen molar-refractivity contribution >= 4 is 11.8 Å². The predicted molar refractivity (Wildman–Crippen MR) is 94.6 cm³/mol. The SMILES string of the molecule is Cc1cc(N[C@@H]2CC[C@@H](C(=O)O)N(C)C2)nnc1-c1ccccc1O. The molecule has 0 spiro atoms. The van der Waals surface area contributed by atoms with Gasteiger partial charge in [0.05, 0.1) is 5.69 Å². The molecule has 1 fully saturated rings. The number of piperidine rings is 1. The zero-order valence-electron chi connectivity index (χ0n) is 14.3. The number of carboxylic acids is 1. The monoisotopic (exact) mass is 342 g/mol. The molecular formula is C18H22N4O3. The molecule has 1 aliphatic heterocycles. The molecule has 2 heterocycles. The summed E-state index contributed by atoms with van der Waals surface area (Å²) in [5.74, 6) is 0.0571. The van der Waals surface area contributed by atoms with E-state index >= 15 is 0 Å². The molecule has 0 saturated carbocycles. The maximum atomic E-state index is 11.2. The average molecular weight is 342 g/mol. The molecule has 3 N–H and O–H groups in total. The summed E-state index contributed by atoms with van der Waals surface area (Å²) in [4.78, 5) is 13.0. The summed E-state index contributed by atoms with van der Waals surface area (Å²) in [5.41, 5.74) is 2.21. The number of anilines is 1. The van der Waals surface area contributed by atoms with Gasteiger partial charge < -0.3 is 15.5 Å². The van der Waals surface area contributed by atoms with Crippen molar-refractivity contribution in [2.24, 2.45) is 0 Å². The van der Waals surface area contributed by atoms with Crippen molar-refractivity contribution in [1.82, 2.24) is 15.1 Å². The molecule has 1 saturated heterocycles. The third-order valence-electron chi connectivity index (χ3n) is 4.61. The molecule has 7 heteroatoms. The van der Waals surface area contributed by atoms with Gasteiger partial charge in [0.25, 0.3) is 0 Å². The van der Waals surface area contributed by atoms with Crippen LogP contribution in [0.5, 0.6) is 5.75 Å². The number of phenols is 1. The summed E-state index contributed by atoms with van der Waals surface area (Å²) < 4.78 is 0. The lowest BCUT2D eigenvalue weighted by Crippen LogP contribution is -2.49. The predicted octanol–water partition coefficient (Wildman–Crippen LogP) is 2.12. The van der Waals surface area contributed by atoms with E-state index in [1.54, 1.807) is 12.1 Å². The number of benzene rings is 1. The molecule has 7 nitrogen and oxygen atoms in total. The Balaban J connectivity index is 1.72. The highest BCUT2D eigenvalue weighted by atomic mass is 16.4. The summed E-state index contributed by atoms with van der Waals surface area (Å²) in [6, 6.07) is 8.65. The quantitative estimate of drug-likeness (QED) is 0.783. The highest BCUT2D eigenvalue weighted by molar-refractivity contribution is 5.73. The number of carbonyl (C=O) groups is 1. The number of hydrogen-bond donors (Lipinski definition) is 3. The second-order valence-electron chi connectivity index (χ2n) is 6.49. The molecule has 0 unspecified atom stereocenters. The first-order valence-electron chi connectivity index (χ1n) is 8.28. The third-order valence-corrected chi connectivity index (χ3v) is 4.61. The number of aryl methyl sites for hydroxylation is 1. The van der Waals surface area contributed by atoms with Crippen LogP contribution in [0.2, 0.25) is 0 Å². The van der Waals surface area contributed by atoms with E-state index in [2.05, 4.69) is 15.5 Å². The minimum absolute atomic E-state index is 0.130. The number of nitrogens with one attached hydrogen (secondary N) is 1. The van der Waals surface area contributed by atoms with E-state index in [1.807, 2.05) is 37.1 Å². The van der Waals surface area contributed by atoms with E-state index in [0.29, 0.717) is 30.0 Å². The Morgan fingerprint density at radius 2 is 2.04 bits per heavy atom. The van der Waals surface area contributed by atoms with Gasteiger partial charge in [0.2, 0.25) is 0 Å². The van der Waals surface area contributed by atoms with E-state index in [1.165, 1.54) is 0 Å². The van der Waals surface area contributed by atoms with Gasteiger partial charge in [-0.2, -0.15) is 0 Å². The fourth-order valence-electron chi connectivity index (χ4n) is 3.28. The Bertz CT molecular complexity index is 781. The zero-order chi connectivity index (χ0) is 18.0. The molecule has 1 aliphatic rings. The third kappa shape index (κ3) is 3.71. The van der Waals surface area contributed by atoms with Crippen LogP contribution in [0.1, 0.15) is 18.4 Å². The van der Waals surface area contributed by atoms with Gasteiger partial charge in [-0.25, -0.2) is 0 Å². The van der Waals surface area contributed by atoms with Gasteiger partial charge in [-0.3, -0.25) is 9.69 Å². The number of aliphatic carboxylic acids is 1. The number of phenolic OH excluding ortho intramolecular Hbond substituents is 1. The summed E-state index contributed by atoms with van der Waals surface area (Å²) in [6.45, 7) is 2.56. The van der Waals surface area contributed by atoms with Gasteiger partial charge in [0.15, 0.2) is 0 Å². The van der Waals surface area contributed by atoms with Crippen molar-refractivity contribution in [2.45, 2.75) is 31.8 Å². The van der Waals surface area contributed by atoms with Gasteiger partial charge in [-0.15, -0.1) is 10.2 Å². The standard InChI is InChI=1S/C18H22N4O3/c1-11-9-16(19-12-7-8-14(18(24)25)22(2)10-12)20-21-17(11)13-5-3-4-6-15(13)23/h3-6,9,12,14,23H,7-8,10H2,1-2H3,(H,19,20)(H,24,25)/t12-,14+/m1/s1. The van der Waals surface area contributed by atoms with Crippen LogP contribution in [0.15, 0.2) is 30.3 Å².